The van der Waals surface area contributed by atoms with Crippen LogP contribution in [0.4, 0.5) is 17.1 Å². The topological polar surface area (TPSA) is 136 Å². The summed E-state index contributed by atoms with van der Waals surface area (Å²) < 4.78 is 5.07. The molecule has 3 fully saturated rings. The van der Waals surface area contributed by atoms with Crippen LogP contribution in [0.1, 0.15) is 22.3 Å². The van der Waals surface area contributed by atoms with E-state index in [2.05, 4.69) is 5.32 Å². The van der Waals surface area contributed by atoms with Gasteiger partial charge in [-0.1, -0.05) is 12.1 Å². The third-order valence-corrected chi connectivity index (χ3v) is 8.67. The van der Waals surface area contributed by atoms with Crippen LogP contribution in [-0.2, 0) is 19.1 Å². The van der Waals surface area contributed by atoms with Gasteiger partial charge in [0.15, 0.2) is 6.61 Å². The van der Waals surface area contributed by atoms with E-state index in [-0.39, 0.29) is 57.0 Å². The minimum atomic E-state index is -0.840. The molecule has 6 atom stereocenters. The number of anilines is 2. The number of benzene rings is 2. The largest absolute Gasteiger partial charge is 0.452 e. The van der Waals surface area contributed by atoms with E-state index in [0.29, 0.717) is 12.0 Å². The number of rotatable bonds is 6. The Kier molecular flexibility index (Phi) is 6.41. The molecule has 1 heterocycles. The van der Waals surface area contributed by atoms with Crippen molar-refractivity contribution in [1.82, 2.24) is 0 Å². The summed E-state index contributed by atoms with van der Waals surface area (Å²) in [6.45, 7) is 0.927. The fourth-order valence-corrected chi connectivity index (χ4v) is 6.56. The van der Waals surface area contributed by atoms with Gasteiger partial charge in [0, 0.05) is 17.3 Å². The average molecular weight is 546 g/mol. The molecule has 2 bridgehead atoms. The van der Waals surface area contributed by atoms with Crippen LogP contribution < -0.4 is 10.2 Å². The lowest BCUT2D eigenvalue weighted by Gasteiger charge is -2.28. The number of amides is 3. The Morgan fingerprint density at radius 1 is 1.08 bits per heavy atom. The first kappa shape index (κ1) is 25.2. The van der Waals surface area contributed by atoms with Crippen molar-refractivity contribution in [2.75, 3.05) is 16.8 Å². The number of hydrogen-bond acceptors (Lipinski definition) is 7. The van der Waals surface area contributed by atoms with Crippen LogP contribution in [-0.4, -0.2) is 46.0 Å². The van der Waals surface area contributed by atoms with Crippen molar-refractivity contribution in [3.05, 3.63) is 63.7 Å². The van der Waals surface area contributed by atoms with Gasteiger partial charge in [-0.3, -0.25) is 29.4 Å². The van der Waals surface area contributed by atoms with E-state index in [4.69, 9.17) is 27.9 Å². The van der Waals surface area contributed by atoms with Gasteiger partial charge in [0.05, 0.1) is 38.8 Å². The van der Waals surface area contributed by atoms with Crippen molar-refractivity contribution in [3.63, 3.8) is 0 Å². The summed E-state index contributed by atoms with van der Waals surface area (Å²) >= 11 is 12.8. The second kappa shape index (κ2) is 9.42. The highest BCUT2D eigenvalue weighted by Gasteiger charge is 2.66. The number of ether oxygens (including phenoxy) is 1. The predicted molar refractivity (Wildman–Crippen MR) is 134 cm³/mol. The number of carbonyl (C=O) groups is 4. The first-order valence-electron chi connectivity index (χ1n) is 11.6. The van der Waals surface area contributed by atoms with Crippen LogP contribution in [0.3, 0.4) is 0 Å². The number of aryl methyl sites for hydroxylation is 1. The molecule has 2 aromatic rings. The summed E-state index contributed by atoms with van der Waals surface area (Å²) in [5, 5.41) is 12.8. The van der Waals surface area contributed by atoms with E-state index in [0.717, 1.165) is 4.90 Å². The van der Waals surface area contributed by atoms with Gasteiger partial charge in [0.2, 0.25) is 11.8 Å². The number of fused-ring (bicyclic) bond motifs is 5. The van der Waals surface area contributed by atoms with E-state index in [1.165, 1.54) is 36.4 Å². The molecule has 3 aliphatic rings. The molecule has 2 saturated carbocycles. The summed E-state index contributed by atoms with van der Waals surface area (Å²) in [7, 11) is 0. The van der Waals surface area contributed by atoms with Gasteiger partial charge < -0.3 is 10.1 Å². The Bertz CT molecular complexity index is 1320. The standard InChI is InChI=1S/C25H21Cl2N3O7/c1-11-5-6-13(8-17(11)30(35)36)28-18(31)10-37-25(34)12-3-2-4-14(7-12)29-23(32)19-15-9-16(20(19)24(29)33)22(27)21(15)26/h2-8,15-16,19-22H,9-10H2,1H3,(H,28,31)/t15-,16-,19-,20+,21+,22+/m1/s1. The number of halogens is 2. The number of imide groups is 1. The number of hydrogen-bond donors (Lipinski definition) is 1. The van der Waals surface area contributed by atoms with Crippen LogP contribution in [0.25, 0.3) is 0 Å². The SMILES string of the molecule is Cc1ccc(NC(=O)COC(=O)c2cccc(N3C(=O)[C@@H]4[C@H]5C[C@@H]([C@H](Cl)[C@H]5Cl)[C@@H]4C3=O)c2)cc1[N+](=O)[O-]. The van der Waals surface area contributed by atoms with Gasteiger partial charge in [-0.2, -0.15) is 0 Å². The Morgan fingerprint density at radius 2 is 1.73 bits per heavy atom. The fourth-order valence-electron chi connectivity index (χ4n) is 5.67. The second-order valence-electron chi connectivity index (χ2n) is 9.45. The van der Waals surface area contributed by atoms with Crippen molar-refractivity contribution in [2.45, 2.75) is 24.1 Å². The Hall–Kier alpha value is -3.50. The summed E-state index contributed by atoms with van der Waals surface area (Å²) in [6, 6.07) is 10.1. The summed E-state index contributed by atoms with van der Waals surface area (Å²) in [5.74, 6) is -3.61. The minimum absolute atomic E-state index is 0.0438. The van der Waals surface area contributed by atoms with Gasteiger partial charge in [-0.05, 0) is 49.4 Å². The zero-order valence-electron chi connectivity index (χ0n) is 19.4. The van der Waals surface area contributed by atoms with Gasteiger partial charge >= 0.3 is 5.97 Å². The zero-order chi connectivity index (χ0) is 26.6. The highest BCUT2D eigenvalue weighted by molar-refractivity contribution is 6.32. The Labute approximate surface area is 221 Å². The summed E-state index contributed by atoms with van der Waals surface area (Å²) in [4.78, 5) is 62.8. The predicted octanol–water partition coefficient (Wildman–Crippen LogP) is 3.67. The number of esters is 1. The van der Waals surface area contributed by atoms with E-state index < -0.39 is 35.2 Å². The molecule has 192 valence electrons. The van der Waals surface area contributed by atoms with Gasteiger partial charge in [0.25, 0.3) is 11.6 Å². The molecule has 3 amide bonds. The lowest BCUT2D eigenvalue weighted by Crippen LogP contribution is -2.37. The lowest BCUT2D eigenvalue weighted by molar-refractivity contribution is -0.385. The molecule has 10 nitrogen and oxygen atoms in total. The third-order valence-electron chi connectivity index (χ3n) is 7.35. The zero-order valence-corrected chi connectivity index (χ0v) is 20.9. The van der Waals surface area contributed by atoms with Crippen LogP contribution >= 0.6 is 23.2 Å². The maximum atomic E-state index is 13.2. The first-order valence-corrected chi connectivity index (χ1v) is 12.4. The molecule has 0 aromatic heterocycles. The smallest absolute Gasteiger partial charge is 0.338 e. The molecular weight excluding hydrogens is 525 g/mol. The number of nitro groups is 1. The quantitative estimate of drug-likeness (QED) is 0.192. The molecule has 1 saturated heterocycles. The number of alkyl halides is 2. The average Bonchev–Trinajstić information content (AvgIpc) is 3.48. The number of nitrogens with zero attached hydrogens (tertiary/aromatic N) is 2. The second-order valence-corrected chi connectivity index (χ2v) is 10.5. The maximum Gasteiger partial charge on any atom is 0.338 e. The monoisotopic (exact) mass is 545 g/mol. The van der Waals surface area contributed by atoms with Crippen molar-refractivity contribution in [2.24, 2.45) is 23.7 Å². The molecule has 1 N–H and O–H groups in total. The molecule has 12 heteroatoms. The molecular formula is C25H21Cl2N3O7. The molecule has 2 aliphatic carbocycles. The first-order chi connectivity index (χ1) is 17.6. The molecule has 0 spiro atoms. The molecule has 37 heavy (non-hydrogen) atoms. The molecule has 2 aromatic carbocycles. The summed E-state index contributed by atoms with van der Waals surface area (Å²) in [5.41, 5.74) is 0.738. The number of nitrogens with one attached hydrogen (secondary N) is 1. The fraction of sp³-hybridized carbons (Fsp3) is 0.360. The summed E-state index contributed by atoms with van der Waals surface area (Å²) in [6.07, 6.45) is 0.646. The maximum absolute atomic E-state index is 13.2. The van der Waals surface area contributed by atoms with Crippen LogP contribution in [0.5, 0.6) is 0 Å². The van der Waals surface area contributed by atoms with Crippen LogP contribution in [0.15, 0.2) is 42.5 Å². The molecule has 0 radical (unpaired) electrons. The minimum Gasteiger partial charge on any atom is -0.452 e. The third kappa shape index (κ3) is 4.23. The highest BCUT2D eigenvalue weighted by atomic mass is 35.5. The Balaban J connectivity index is 1.25. The van der Waals surface area contributed by atoms with E-state index in [1.54, 1.807) is 13.0 Å². The molecule has 5 rings (SSSR count). The number of carbonyl (C=O) groups excluding carboxylic acids is 4. The normalized spacial score (nSPS) is 27.8. The van der Waals surface area contributed by atoms with E-state index in [1.807, 2.05) is 0 Å². The van der Waals surface area contributed by atoms with E-state index >= 15 is 0 Å². The van der Waals surface area contributed by atoms with Crippen LogP contribution in [0, 0.1) is 40.7 Å². The van der Waals surface area contributed by atoms with Crippen LogP contribution in [0.2, 0.25) is 0 Å². The molecule has 0 unspecified atom stereocenters. The van der Waals surface area contributed by atoms with Gasteiger partial charge in [-0.25, -0.2) is 4.79 Å². The number of nitro benzene ring substituents is 1. The Morgan fingerprint density at radius 3 is 2.35 bits per heavy atom. The lowest BCUT2D eigenvalue weighted by atomic mass is 9.80. The molecule has 1 aliphatic heterocycles. The van der Waals surface area contributed by atoms with Gasteiger partial charge in [0.1, 0.15) is 0 Å². The van der Waals surface area contributed by atoms with Crippen molar-refractivity contribution in [3.8, 4) is 0 Å². The van der Waals surface area contributed by atoms with Crippen molar-refractivity contribution in [1.29, 1.82) is 0 Å². The van der Waals surface area contributed by atoms with E-state index in [9.17, 15) is 29.3 Å². The van der Waals surface area contributed by atoms with Crippen molar-refractivity contribution >= 4 is 64.0 Å². The van der Waals surface area contributed by atoms with Gasteiger partial charge in [-0.15, -0.1) is 23.2 Å². The van der Waals surface area contributed by atoms with Crippen molar-refractivity contribution < 1.29 is 28.8 Å². The highest BCUT2D eigenvalue weighted by Crippen LogP contribution is 2.59.